The highest BCUT2D eigenvalue weighted by Crippen LogP contribution is 2.52. The van der Waals surface area contributed by atoms with E-state index in [9.17, 15) is 10.1 Å². The van der Waals surface area contributed by atoms with Crippen LogP contribution in [0.25, 0.3) is 0 Å². The zero-order valence-corrected chi connectivity index (χ0v) is 11.9. The van der Waals surface area contributed by atoms with Crippen LogP contribution in [0.4, 0.5) is 0 Å². The van der Waals surface area contributed by atoms with E-state index in [2.05, 4.69) is 11.1 Å². The van der Waals surface area contributed by atoms with Crippen LogP contribution < -0.4 is 0 Å². The van der Waals surface area contributed by atoms with Gasteiger partial charge in [-0.2, -0.15) is 5.26 Å². The number of rotatable bonds is 5. The maximum atomic E-state index is 10.8. The van der Waals surface area contributed by atoms with Gasteiger partial charge in [0.2, 0.25) is 0 Å². The Morgan fingerprint density at radius 1 is 1.58 bits per heavy atom. The van der Waals surface area contributed by atoms with Gasteiger partial charge < -0.3 is 5.11 Å². The molecule has 1 aliphatic rings. The second kappa shape index (κ2) is 5.22. The number of pyridine rings is 1. The molecule has 1 aromatic rings. The third-order valence-electron chi connectivity index (χ3n) is 3.42. The zero-order chi connectivity index (χ0) is 14.0. The number of aromatic nitrogens is 1. The van der Waals surface area contributed by atoms with Gasteiger partial charge in [-0.25, -0.2) is 4.98 Å². The Labute approximate surface area is 116 Å². The molecule has 4 nitrogen and oxygen atoms in total. The number of carboxylic acid groups (broad SMARTS) is 1. The fourth-order valence-electron chi connectivity index (χ4n) is 2.13. The van der Waals surface area contributed by atoms with E-state index in [-0.39, 0.29) is 11.8 Å². The van der Waals surface area contributed by atoms with Crippen molar-refractivity contribution < 1.29 is 9.90 Å². The van der Waals surface area contributed by atoms with E-state index in [1.807, 2.05) is 19.9 Å². The van der Waals surface area contributed by atoms with Crippen molar-refractivity contribution in [1.29, 1.82) is 5.26 Å². The average molecular weight is 276 g/mol. The molecule has 0 atom stereocenters. The Balaban J connectivity index is 2.12. The van der Waals surface area contributed by atoms with E-state index in [1.54, 1.807) is 0 Å². The summed E-state index contributed by atoms with van der Waals surface area (Å²) in [7, 11) is 0. The molecule has 100 valence electrons. The molecule has 0 saturated heterocycles. The Bertz CT molecular complexity index is 559. The molecule has 0 amide bonds. The lowest BCUT2D eigenvalue weighted by Gasteiger charge is -2.13. The van der Waals surface area contributed by atoms with E-state index in [1.165, 1.54) is 11.8 Å². The molecule has 0 radical (unpaired) electrons. The standard InChI is InChI=1S/C14H16N2O2S/c1-9-5-10(2)16-13(11(9)7-15)19-8-14(3-4-14)6-12(17)18/h5H,3-4,6,8H2,1-2H3,(H,17,18). The molecular weight excluding hydrogens is 260 g/mol. The predicted molar refractivity (Wildman–Crippen MR) is 73.1 cm³/mol. The van der Waals surface area contributed by atoms with E-state index in [4.69, 9.17) is 5.11 Å². The summed E-state index contributed by atoms with van der Waals surface area (Å²) < 4.78 is 0. The molecule has 1 fully saturated rings. The number of thioether (sulfide) groups is 1. The summed E-state index contributed by atoms with van der Waals surface area (Å²) in [5, 5.41) is 18.8. The number of hydrogen-bond acceptors (Lipinski definition) is 4. The molecule has 1 heterocycles. The first-order valence-electron chi connectivity index (χ1n) is 6.19. The Kier molecular flexibility index (Phi) is 3.81. The molecule has 5 heteroatoms. The fourth-order valence-corrected chi connectivity index (χ4v) is 3.53. The number of carbonyl (C=O) groups is 1. The van der Waals surface area contributed by atoms with Crippen LogP contribution in [0.2, 0.25) is 0 Å². The fraction of sp³-hybridized carbons (Fsp3) is 0.500. The number of nitrogens with zero attached hydrogens (tertiary/aromatic N) is 2. The normalized spacial score (nSPS) is 15.8. The quantitative estimate of drug-likeness (QED) is 0.837. The summed E-state index contributed by atoms with van der Waals surface area (Å²) >= 11 is 1.51. The SMILES string of the molecule is Cc1cc(C)c(C#N)c(SCC2(CC(=O)O)CC2)n1. The lowest BCUT2D eigenvalue weighted by molar-refractivity contribution is -0.138. The topological polar surface area (TPSA) is 74.0 Å². The molecule has 1 N–H and O–H groups in total. The minimum absolute atomic E-state index is 0.0808. The van der Waals surface area contributed by atoms with Gasteiger partial charge in [-0.15, -0.1) is 11.8 Å². The summed E-state index contributed by atoms with van der Waals surface area (Å²) in [6.45, 7) is 3.81. The molecule has 0 bridgehead atoms. The van der Waals surface area contributed by atoms with Crippen LogP contribution in [0.1, 0.15) is 36.1 Å². The van der Waals surface area contributed by atoms with Crippen molar-refractivity contribution in [3.05, 3.63) is 22.9 Å². The molecule has 1 aromatic heterocycles. The van der Waals surface area contributed by atoms with Crippen LogP contribution in [0.15, 0.2) is 11.1 Å². The Morgan fingerprint density at radius 3 is 2.79 bits per heavy atom. The van der Waals surface area contributed by atoms with E-state index >= 15 is 0 Å². The second-order valence-corrected chi connectivity index (χ2v) is 6.20. The summed E-state index contributed by atoms with van der Waals surface area (Å²) in [4.78, 5) is 15.2. The summed E-state index contributed by atoms with van der Waals surface area (Å²) in [6, 6.07) is 4.08. The summed E-state index contributed by atoms with van der Waals surface area (Å²) in [5.41, 5.74) is 2.35. The number of aryl methyl sites for hydroxylation is 2. The van der Waals surface area contributed by atoms with Crippen LogP contribution >= 0.6 is 11.8 Å². The van der Waals surface area contributed by atoms with Crippen molar-refractivity contribution in [3.8, 4) is 6.07 Å². The third kappa shape index (κ3) is 3.27. The molecule has 0 unspecified atom stereocenters. The second-order valence-electron chi connectivity index (χ2n) is 5.23. The van der Waals surface area contributed by atoms with Crippen LogP contribution in [0.5, 0.6) is 0 Å². The van der Waals surface area contributed by atoms with Crippen LogP contribution in [-0.4, -0.2) is 21.8 Å². The van der Waals surface area contributed by atoms with Gasteiger partial charge in [0.1, 0.15) is 11.1 Å². The molecular formula is C14H16N2O2S. The van der Waals surface area contributed by atoms with Gasteiger partial charge in [-0.05, 0) is 43.7 Å². The van der Waals surface area contributed by atoms with Crippen molar-refractivity contribution >= 4 is 17.7 Å². The average Bonchev–Trinajstić information content (AvgIpc) is 3.05. The monoisotopic (exact) mass is 276 g/mol. The highest BCUT2D eigenvalue weighted by Gasteiger charge is 2.44. The summed E-state index contributed by atoms with van der Waals surface area (Å²) in [5.74, 6) is -0.0175. The molecule has 0 spiro atoms. The van der Waals surface area contributed by atoms with Crippen LogP contribution in [-0.2, 0) is 4.79 Å². The maximum absolute atomic E-state index is 10.8. The molecule has 1 saturated carbocycles. The first kappa shape index (κ1) is 13.9. The lowest BCUT2D eigenvalue weighted by atomic mass is 10.1. The maximum Gasteiger partial charge on any atom is 0.303 e. The molecule has 19 heavy (non-hydrogen) atoms. The smallest absolute Gasteiger partial charge is 0.303 e. The lowest BCUT2D eigenvalue weighted by Crippen LogP contribution is -2.11. The van der Waals surface area contributed by atoms with E-state index in [0.29, 0.717) is 5.56 Å². The highest BCUT2D eigenvalue weighted by molar-refractivity contribution is 7.99. The van der Waals surface area contributed by atoms with Gasteiger partial charge in [0.15, 0.2) is 0 Å². The Morgan fingerprint density at radius 2 is 2.26 bits per heavy atom. The van der Waals surface area contributed by atoms with Gasteiger partial charge >= 0.3 is 5.97 Å². The van der Waals surface area contributed by atoms with Gasteiger partial charge in [-0.1, -0.05) is 0 Å². The molecule has 0 aromatic carbocycles. The largest absolute Gasteiger partial charge is 0.481 e. The van der Waals surface area contributed by atoms with Crippen molar-refractivity contribution in [1.82, 2.24) is 4.98 Å². The van der Waals surface area contributed by atoms with Crippen molar-refractivity contribution in [3.63, 3.8) is 0 Å². The van der Waals surface area contributed by atoms with Gasteiger partial charge in [0.05, 0.1) is 12.0 Å². The van der Waals surface area contributed by atoms with Crippen molar-refractivity contribution in [2.45, 2.75) is 38.1 Å². The zero-order valence-electron chi connectivity index (χ0n) is 11.1. The Hall–Kier alpha value is -1.54. The van der Waals surface area contributed by atoms with E-state index < -0.39 is 5.97 Å². The summed E-state index contributed by atoms with van der Waals surface area (Å²) in [6.07, 6.45) is 2.13. The van der Waals surface area contributed by atoms with E-state index in [0.717, 1.165) is 34.9 Å². The van der Waals surface area contributed by atoms with Gasteiger partial charge in [0, 0.05) is 11.4 Å². The van der Waals surface area contributed by atoms with Crippen molar-refractivity contribution in [2.75, 3.05) is 5.75 Å². The number of carboxylic acids is 1. The van der Waals surface area contributed by atoms with Crippen molar-refractivity contribution in [2.24, 2.45) is 5.41 Å². The first-order valence-corrected chi connectivity index (χ1v) is 7.17. The van der Waals surface area contributed by atoms with Gasteiger partial charge in [-0.3, -0.25) is 4.79 Å². The van der Waals surface area contributed by atoms with Crippen LogP contribution in [0, 0.1) is 30.6 Å². The molecule has 2 rings (SSSR count). The number of aliphatic carboxylic acids is 1. The highest BCUT2D eigenvalue weighted by atomic mass is 32.2. The van der Waals surface area contributed by atoms with Crippen LogP contribution in [0.3, 0.4) is 0 Å². The van der Waals surface area contributed by atoms with Gasteiger partial charge in [0.25, 0.3) is 0 Å². The number of nitriles is 1. The first-order chi connectivity index (χ1) is 8.96. The number of hydrogen-bond donors (Lipinski definition) is 1. The minimum atomic E-state index is -0.744. The third-order valence-corrected chi connectivity index (χ3v) is 4.75. The molecule has 0 aliphatic heterocycles. The molecule has 1 aliphatic carbocycles. The minimum Gasteiger partial charge on any atom is -0.481 e. The predicted octanol–water partition coefficient (Wildman–Crippen LogP) is 2.92.